The maximum absolute atomic E-state index is 12.6. The molecular formula is C20H21N3O6S. The number of hydrogen-bond acceptors (Lipinski definition) is 7. The number of ether oxygens (including phenoxy) is 2. The van der Waals surface area contributed by atoms with Crippen molar-refractivity contribution in [3.63, 3.8) is 0 Å². The molecular weight excluding hydrogens is 410 g/mol. The molecule has 9 nitrogen and oxygen atoms in total. The van der Waals surface area contributed by atoms with Gasteiger partial charge >= 0.3 is 5.97 Å². The second kappa shape index (κ2) is 9.06. The molecule has 0 bridgehead atoms. The summed E-state index contributed by atoms with van der Waals surface area (Å²) in [6.45, 7) is 2.29. The first-order valence-electron chi connectivity index (χ1n) is 9.24. The van der Waals surface area contributed by atoms with Gasteiger partial charge in [-0.3, -0.25) is 4.79 Å². The average Bonchev–Trinajstić information content (AvgIpc) is 2.73. The molecule has 2 aromatic carbocycles. The zero-order chi connectivity index (χ0) is 21.7. The molecule has 0 saturated carbocycles. The Hall–Kier alpha value is -3.24. The molecule has 1 aromatic heterocycles. The Kier molecular flexibility index (Phi) is 6.48. The van der Waals surface area contributed by atoms with Crippen molar-refractivity contribution in [3.05, 3.63) is 64.6 Å². The van der Waals surface area contributed by atoms with Crippen LogP contribution in [-0.2, 0) is 21.3 Å². The van der Waals surface area contributed by atoms with Gasteiger partial charge in [-0.1, -0.05) is 25.1 Å². The second-order valence-corrected chi connectivity index (χ2v) is 7.98. The number of aryl methyl sites for hydroxylation is 1. The molecule has 2 N–H and O–H groups in total. The van der Waals surface area contributed by atoms with Crippen LogP contribution in [0, 0.1) is 0 Å². The maximum Gasteiger partial charge on any atom is 0.359 e. The van der Waals surface area contributed by atoms with E-state index in [1.165, 1.54) is 28.9 Å². The summed E-state index contributed by atoms with van der Waals surface area (Å²) in [6.07, 6.45) is 0.692. The standard InChI is InChI=1S/C20H21N3O6S/c1-2-11-23-19(24)17-6-4-3-5-16(17)18(22-23)20(25)29-13-12-28-14-7-9-15(10-8-14)30(21,26)27/h3-10H,2,11-13H2,1H3,(H2,21,26,27). The quantitative estimate of drug-likeness (QED) is 0.424. The van der Waals surface area contributed by atoms with Gasteiger partial charge in [0.05, 0.1) is 10.3 Å². The SMILES string of the molecule is CCCn1nc(C(=O)OCCOc2ccc(S(N)(=O)=O)cc2)c2ccccc2c1=O. The van der Waals surface area contributed by atoms with Crippen LogP contribution in [0.25, 0.3) is 10.8 Å². The molecule has 0 aliphatic rings. The lowest BCUT2D eigenvalue weighted by molar-refractivity contribution is 0.0443. The molecule has 0 radical (unpaired) electrons. The summed E-state index contributed by atoms with van der Waals surface area (Å²) >= 11 is 0. The van der Waals surface area contributed by atoms with Crippen molar-refractivity contribution < 1.29 is 22.7 Å². The minimum Gasteiger partial charge on any atom is -0.490 e. The Bertz CT molecular complexity index is 1220. The third kappa shape index (κ3) is 4.84. The molecule has 158 valence electrons. The molecule has 0 aliphatic heterocycles. The second-order valence-electron chi connectivity index (χ2n) is 6.42. The number of esters is 1. The number of rotatable bonds is 8. The number of carbonyl (C=O) groups is 1. The van der Waals surface area contributed by atoms with Crippen LogP contribution in [0.2, 0.25) is 0 Å². The highest BCUT2D eigenvalue weighted by molar-refractivity contribution is 7.89. The highest BCUT2D eigenvalue weighted by Gasteiger charge is 2.17. The number of carbonyl (C=O) groups excluding carboxylic acids is 1. The first-order valence-corrected chi connectivity index (χ1v) is 10.8. The van der Waals surface area contributed by atoms with E-state index in [2.05, 4.69) is 5.10 Å². The van der Waals surface area contributed by atoms with E-state index in [-0.39, 0.29) is 29.4 Å². The van der Waals surface area contributed by atoms with E-state index in [9.17, 15) is 18.0 Å². The van der Waals surface area contributed by atoms with Gasteiger partial charge in [-0.05, 0) is 36.8 Å². The molecule has 10 heteroatoms. The molecule has 0 aliphatic carbocycles. The normalized spacial score (nSPS) is 11.4. The Morgan fingerprint density at radius 3 is 2.37 bits per heavy atom. The molecule has 0 atom stereocenters. The van der Waals surface area contributed by atoms with Crippen molar-refractivity contribution in [1.82, 2.24) is 9.78 Å². The van der Waals surface area contributed by atoms with Gasteiger partial charge in [0, 0.05) is 11.9 Å². The van der Waals surface area contributed by atoms with Crippen LogP contribution in [0.1, 0.15) is 23.8 Å². The van der Waals surface area contributed by atoms with Crippen LogP contribution in [0.15, 0.2) is 58.2 Å². The van der Waals surface area contributed by atoms with Gasteiger partial charge in [-0.2, -0.15) is 5.10 Å². The average molecular weight is 431 g/mol. The number of primary sulfonamides is 1. The lowest BCUT2D eigenvalue weighted by Crippen LogP contribution is -2.26. The number of nitrogens with zero attached hydrogens (tertiary/aromatic N) is 2. The molecule has 0 saturated heterocycles. The van der Waals surface area contributed by atoms with E-state index in [0.717, 1.165) is 0 Å². The van der Waals surface area contributed by atoms with E-state index in [0.29, 0.717) is 29.5 Å². The van der Waals surface area contributed by atoms with Crippen LogP contribution >= 0.6 is 0 Å². The van der Waals surface area contributed by atoms with E-state index in [4.69, 9.17) is 14.6 Å². The summed E-state index contributed by atoms with van der Waals surface area (Å²) in [6, 6.07) is 12.3. The predicted octanol–water partition coefficient (Wildman–Crippen LogP) is 1.69. The van der Waals surface area contributed by atoms with E-state index >= 15 is 0 Å². The molecule has 3 aromatic rings. The van der Waals surface area contributed by atoms with Crippen LogP contribution in [0.4, 0.5) is 0 Å². The van der Waals surface area contributed by atoms with Crippen LogP contribution in [-0.4, -0.2) is 37.4 Å². The highest BCUT2D eigenvalue weighted by atomic mass is 32.2. The number of benzene rings is 2. The van der Waals surface area contributed by atoms with Crippen molar-refractivity contribution in [2.24, 2.45) is 5.14 Å². The summed E-state index contributed by atoms with van der Waals surface area (Å²) in [5.41, 5.74) is -0.188. The molecule has 1 heterocycles. The van der Waals surface area contributed by atoms with E-state index < -0.39 is 16.0 Å². The Balaban J connectivity index is 1.67. The summed E-state index contributed by atoms with van der Waals surface area (Å²) in [5.74, 6) is -0.261. The zero-order valence-corrected chi connectivity index (χ0v) is 17.1. The number of aromatic nitrogens is 2. The summed E-state index contributed by atoms with van der Waals surface area (Å²) in [5, 5.41) is 10.1. The largest absolute Gasteiger partial charge is 0.490 e. The van der Waals surface area contributed by atoms with E-state index in [1.807, 2.05) is 6.92 Å². The number of fused-ring (bicyclic) bond motifs is 1. The van der Waals surface area contributed by atoms with Crippen molar-refractivity contribution >= 4 is 26.8 Å². The van der Waals surface area contributed by atoms with Gasteiger partial charge in [-0.25, -0.2) is 23.0 Å². The maximum atomic E-state index is 12.6. The third-order valence-corrected chi connectivity index (χ3v) is 5.16. The minimum atomic E-state index is -3.77. The smallest absolute Gasteiger partial charge is 0.359 e. The molecule has 30 heavy (non-hydrogen) atoms. The van der Waals surface area contributed by atoms with Crippen molar-refractivity contribution in [1.29, 1.82) is 0 Å². The summed E-state index contributed by atoms with van der Waals surface area (Å²) in [4.78, 5) is 25.0. The fourth-order valence-electron chi connectivity index (χ4n) is 2.84. The summed E-state index contributed by atoms with van der Waals surface area (Å²) < 4.78 is 34.4. The van der Waals surface area contributed by atoms with Gasteiger partial charge < -0.3 is 9.47 Å². The first-order chi connectivity index (χ1) is 14.3. The van der Waals surface area contributed by atoms with Gasteiger partial charge in [0.15, 0.2) is 5.69 Å². The predicted molar refractivity (Wildman–Crippen MR) is 110 cm³/mol. The van der Waals surface area contributed by atoms with Crippen molar-refractivity contribution in [2.75, 3.05) is 13.2 Å². The highest BCUT2D eigenvalue weighted by Crippen LogP contribution is 2.16. The van der Waals surface area contributed by atoms with Gasteiger partial charge in [0.1, 0.15) is 19.0 Å². The molecule has 3 rings (SSSR count). The fourth-order valence-corrected chi connectivity index (χ4v) is 3.35. The number of nitrogens with two attached hydrogens (primary N) is 1. The molecule has 0 spiro atoms. The molecule has 0 unspecified atom stereocenters. The zero-order valence-electron chi connectivity index (χ0n) is 16.3. The Morgan fingerprint density at radius 2 is 1.73 bits per heavy atom. The molecule has 0 fully saturated rings. The first kappa shape index (κ1) is 21.5. The summed E-state index contributed by atoms with van der Waals surface area (Å²) in [7, 11) is -3.77. The van der Waals surface area contributed by atoms with Crippen LogP contribution < -0.4 is 15.4 Å². The van der Waals surface area contributed by atoms with Crippen molar-refractivity contribution in [3.8, 4) is 5.75 Å². The monoisotopic (exact) mass is 431 g/mol. The van der Waals surface area contributed by atoms with Crippen LogP contribution in [0.5, 0.6) is 5.75 Å². The number of sulfonamides is 1. The Morgan fingerprint density at radius 1 is 1.07 bits per heavy atom. The van der Waals surface area contributed by atoms with E-state index in [1.54, 1.807) is 24.3 Å². The lowest BCUT2D eigenvalue weighted by atomic mass is 10.1. The van der Waals surface area contributed by atoms with Crippen molar-refractivity contribution in [2.45, 2.75) is 24.8 Å². The number of hydrogen-bond donors (Lipinski definition) is 1. The van der Waals surface area contributed by atoms with Gasteiger partial charge in [0.2, 0.25) is 10.0 Å². The van der Waals surface area contributed by atoms with Gasteiger partial charge in [-0.15, -0.1) is 0 Å². The van der Waals surface area contributed by atoms with Gasteiger partial charge in [0.25, 0.3) is 5.56 Å². The Labute approximate surface area is 173 Å². The minimum absolute atomic E-state index is 0.0265. The topological polar surface area (TPSA) is 131 Å². The third-order valence-electron chi connectivity index (χ3n) is 4.23. The molecule has 0 amide bonds. The fraction of sp³-hybridized carbons (Fsp3) is 0.250. The lowest BCUT2D eigenvalue weighted by Gasteiger charge is -2.11. The van der Waals surface area contributed by atoms with Crippen LogP contribution in [0.3, 0.4) is 0 Å².